The molecule has 31 heavy (non-hydrogen) atoms. The molecule has 1 N–H and O–H groups in total. The predicted molar refractivity (Wildman–Crippen MR) is 115 cm³/mol. The lowest BCUT2D eigenvalue weighted by molar-refractivity contribution is -0.384. The Morgan fingerprint density at radius 1 is 1.29 bits per heavy atom. The molecule has 0 aliphatic rings. The van der Waals surface area contributed by atoms with Crippen molar-refractivity contribution in [1.82, 2.24) is 4.57 Å². The molecular formula is C21H19N3O6S. The Balaban J connectivity index is 1.85. The van der Waals surface area contributed by atoms with Crippen LogP contribution in [0.1, 0.15) is 34.2 Å². The number of carbonyl (C=O) groups is 3. The highest BCUT2D eigenvalue weighted by atomic mass is 32.1. The van der Waals surface area contributed by atoms with E-state index in [-0.39, 0.29) is 30.2 Å². The highest BCUT2D eigenvalue weighted by Crippen LogP contribution is 2.37. The van der Waals surface area contributed by atoms with Crippen molar-refractivity contribution in [3.05, 3.63) is 69.3 Å². The lowest BCUT2D eigenvalue weighted by atomic mass is 10.0. The quantitative estimate of drug-likeness (QED) is 0.231. The summed E-state index contributed by atoms with van der Waals surface area (Å²) in [6.45, 7) is 2.10. The maximum Gasteiger partial charge on any atom is 0.341 e. The van der Waals surface area contributed by atoms with Crippen LogP contribution < -0.4 is 5.32 Å². The molecule has 0 aliphatic carbocycles. The van der Waals surface area contributed by atoms with E-state index < -0.39 is 10.9 Å². The monoisotopic (exact) mass is 441 g/mol. The van der Waals surface area contributed by atoms with Crippen LogP contribution in [0.3, 0.4) is 0 Å². The summed E-state index contributed by atoms with van der Waals surface area (Å²) in [4.78, 5) is 46.7. The van der Waals surface area contributed by atoms with Gasteiger partial charge in [0.25, 0.3) is 5.69 Å². The fraction of sp³-hybridized carbons (Fsp3) is 0.190. The van der Waals surface area contributed by atoms with Crippen LogP contribution in [0.2, 0.25) is 0 Å². The van der Waals surface area contributed by atoms with E-state index in [4.69, 9.17) is 4.74 Å². The molecule has 3 aromatic rings. The third kappa shape index (κ3) is 5.04. The molecule has 0 atom stereocenters. The number of nitro benzene ring substituents is 1. The predicted octanol–water partition coefficient (Wildman–Crippen LogP) is 4.14. The molecule has 1 amide bonds. The van der Waals surface area contributed by atoms with Gasteiger partial charge in [0, 0.05) is 42.2 Å². The number of benzene rings is 1. The Morgan fingerprint density at radius 3 is 2.81 bits per heavy atom. The average molecular weight is 441 g/mol. The van der Waals surface area contributed by atoms with Crippen LogP contribution in [0, 0.1) is 10.1 Å². The first kappa shape index (κ1) is 21.9. The number of thiophene rings is 1. The van der Waals surface area contributed by atoms with Gasteiger partial charge >= 0.3 is 5.97 Å². The van der Waals surface area contributed by atoms with Gasteiger partial charge in [0.05, 0.1) is 17.2 Å². The first-order valence-electron chi connectivity index (χ1n) is 9.38. The number of aldehydes is 1. The summed E-state index contributed by atoms with van der Waals surface area (Å²) in [5.41, 5.74) is 1.41. The molecule has 0 saturated heterocycles. The van der Waals surface area contributed by atoms with Gasteiger partial charge in [0.1, 0.15) is 10.6 Å². The molecule has 2 aromatic heterocycles. The standard InChI is InChI=1S/C21H19N3O6S/c1-2-30-21(27)19-17(14-5-3-6-15(11-14)24(28)29)13-31-20(19)22-18(26)8-10-23-9-4-7-16(23)12-25/h3-7,9,11-13H,2,8,10H2,1H3,(H,22,26). The Bertz CT molecular complexity index is 1130. The van der Waals surface area contributed by atoms with E-state index in [1.165, 1.54) is 18.2 Å². The lowest BCUT2D eigenvalue weighted by Gasteiger charge is -2.09. The Hall–Kier alpha value is -3.79. The number of nitrogens with one attached hydrogen (secondary N) is 1. The molecule has 2 heterocycles. The summed E-state index contributed by atoms with van der Waals surface area (Å²) in [6, 6.07) is 9.26. The fourth-order valence-corrected chi connectivity index (χ4v) is 3.98. The topological polar surface area (TPSA) is 121 Å². The van der Waals surface area contributed by atoms with Gasteiger partial charge in [-0.25, -0.2) is 4.79 Å². The van der Waals surface area contributed by atoms with E-state index in [0.29, 0.717) is 34.7 Å². The summed E-state index contributed by atoms with van der Waals surface area (Å²) < 4.78 is 6.79. The average Bonchev–Trinajstić information content (AvgIpc) is 3.39. The molecule has 9 nitrogen and oxygen atoms in total. The SMILES string of the molecule is CCOC(=O)c1c(-c2cccc([N+](=O)[O-])c2)csc1NC(=O)CCn1cccc1C=O. The smallest absolute Gasteiger partial charge is 0.341 e. The van der Waals surface area contributed by atoms with Gasteiger partial charge in [0.2, 0.25) is 5.91 Å². The maximum absolute atomic E-state index is 12.6. The van der Waals surface area contributed by atoms with E-state index in [2.05, 4.69) is 5.32 Å². The first-order valence-corrected chi connectivity index (χ1v) is 10.3. The lowest BCUT2D eigenvalue weighted by Crippen LogP contribution is -2.16. The molecule has 0 radical (unpaired) electrons. The van der Waals surface area contributed by atoms with E-state index in [1.54, 1.807) is 41.3 Å². The van der Waals surface area contributed by atoms with Crippen molar-refractivity contribution in [2.24, 2.45) is 0 Å². The van der Waals surface area contributed by atoms with E-state index in [0.717, 1.165) is 11.3 Å². The molecule has 0 aliphatic heterocycles. The van der Waals surface area contributed by atoms with Crippen molar-refractivity contribution in [3.63, 3.8) is 0 Å². The number of aromatic nitrogens is 1. The van der Waals surface area contributed by atoms with Crippen LogP contribution in [-0.4, -0.2) is 34.3 Å². The largest absolute Gasteiger partial charge is 0.462 e. The van der Waals surface area contributed by atoms with Crippen LogP contribution in [0.15, 0.2) is 48.0 Å². The zero-order chi connectivity index (χ0) is 22.4. The molecule has 1 aromatic carbocycles. The number of ether oxygens (including phenoxy) is 1. The van der Waals surface area contributed by atoms with E-state index in [1.807, 2.05) is 0 Å². The van der Waals surface area contributed by atoms with Crippen molar-refractivity contribution < 1.29 is 24.0 Å². The molecule has 0 bridgehead atoms. The minimum Gasteiger partial charge on any atom is -0.462 e. The number of non-ortho nitro benzene ring substituents is 1. The van der Waals surface area contributed by atoms with Crippen LogP contribution in [0.25, 0.3) is 11.1 Å². The van der Waals surface area contributed by atoms with Crippen molar-refractivity contribution in [3.8, 4) is 11.1 Å². The molecule has 10 heteroatoms. The minimum absolute atomic E-state index is 0.0851. The number of aryl methyl sites for hydroxylation is 1. The van der Waals surface area contributed by atoms with Crippen LogP contribution in [0.4, 0.5) is 10.7 Å². The van der Waals surface area contributed by atoms with Gasteiger partial charge in [-0.3, -0.25) is 19.7 Å². The van der Waals surface area contributed by atoms with Gasteiger partial charge in [-0.1, -0.05) is 12.1 Å². The number of carbonyl (C=O) groups excluding carboxylic acids is 3. The van der Waals surface area contributed by atoms with Crippen molar-refractivity contribution in [2.45, 2.75) is 19.9 Å². The number of anilines is 1. The zero-order valence-electron chi connectivity index (χ0n) is 16.6. The summed E-state index contributed by atoms with van der Waals surface area (Å²) in [7, 11) is 0. The highest BCUT2D eigenvalue weighted by Gasteiger charge is 2.23. The normalized spacial score (nSPS) is 10.5. The van der Waals surface area contributed by atoms with E-state index in [9.17, 15) is 24.5 Å². The molecular weight excluding hydrogens is 422 g/mol. The third-order valence-corrected chi connectivity index (χ3v) is 5.35. The third-order valence-electron chi connectivity index (χ3n) is 4.46. The first-order chi connectivity index (χ1) is 14.9. The van der Waals surface area contributed by atoms with Crippen LogP contribution in [-0.2, 0) is 16.1 Å². The van der Waals surface area contributed by atoms with Crippen LogP contribution in [0.5, 0.6) is 0 Å². The second-order valence-electron chi connectivity index (χ2n) is 6.42. The Labute approximate surface area is 181 Å². The summed E-state index contributed by atoms with van der Waals surface area (Å²) >= 11 is 1.13. The number of hydrogen-bond acceptors (Lipinski definition) is 7. The second kappa shape index (κ2) is 9.81. The molecule has 0 fully saturated rings. The zero-order valence-corrected chi connectivity index (χ0v) is 17.4. The number of nitro groups is 1. The van der Waals surface area contributed by atoms with Gasteiger partial charge in [-0.05, 0) is 24.6 Å². The van der Waals surface area contributed by atoms with Crippen molar-refractivity contribution in [1.29, 1.82) is 0 Å². The van der Waals surface area contributed by atoms with Crippen molar-refractivity contribution in [2.75, 3.05) is 11.9 Å². The van der Waals surface area contributed by atoms with Crippen LogP contribution >= 0.6 is 11.3 Å². The summed E-state index contributed by atoms with van der Waals surface area (Å²) in [6.07, 6.45) is 2.50. The Morgan fingerprint density at radius 2 is 2.10 bits per heavy atom. The Kier molecular flexibility index (Phi) is 6.93. The van der Waals surface area contributed by atoms with Crippen molar-refractivity contribution >= 4 is 40.2 Å². The molecule has 160 valence electrons. The summed E-state index contributed by atoms with van der Waals surface area (Å²) in [5, 5.41) is 15.8. The van der Waals surface area contributed by atoms with Gasteiger partial charge in [-0.15, -0.1) is 11.3 Å². The maximum atomic E-state index is 12.6. The highest BCUT2D eigenvalue weighted by molar-refractivity contribution is 7.15. The fourth-order valence-electron chi connectivity index (χ4n) is 3.00. The second-order valence-corrected chi connectivity index (χ2v) is 7.30. The number of esters is 1. The van der Waals surface area contributed by atoms with Gasteiger partial charge in [-0.2, -0.15) is 0 Å². The summed E-state index contributed by atoms with van der Waals surface area (Å²) in [5.74, 6) is -0.974. The molecule has 0 unspecified atom stereocenters. The molecule has 3 rings (SSSR count). The van der Waals surface area contributed by atoms with Gasteiger partial charge in [0.15, 0.2) is 6.29 Å². The van der Waals surface area contributed by atoms with Gasteiger partial charge < -0.3 is 14.6 Å². The minimum atomic E-state index is -0.630. The number of amides is 1. The molecule has 0 saturated carbocycles. The van der Waals surface area contributed by atoms with E-state index >= 15 is 0 Å². The number of rotatable bonds is 9. The number of nitrogens with zero attached hydrogens (tertiary/aromatic N) is 2. The molecule has 0 spiro atoms. The number of hydrogen-bond donors (Lipinski definition) is 1.